The van der Waals surface area contributed by atoms with Gasteiger partial charge in [0.1, 0.15) is 11.6 Å². The number of ether oxygens (including phenoxy) is 1. The second-order valence-corrected chi connectivity index (χ2v) is 4.19. The molecule has 0 fully saturated rings. The van der Waals surface area contributed by atoms with Gasteiger partial charge in [-0.05, 0) is 31.2 Å². The third-order valence-electron chi connectivity index (χ3n) is 2.70. The molecule has 5 nitrogen and oxygen atoms in total. The smallest absolute Gasteiger partial charge is 0.311 e. The fourth-order valence-electron chi connectivity index (χ4n) is 1.75. The van der Waals surface area contributed by atoms with Gasteiger partial charge in [0.25, 0.3) is 0 Å². The summed E-state index contributed by atoms with van der Waals surface area (Å²) in [5.74, 6) is -0.308. The first kappa shape index (κ1) is 14.0. The van der Waals surface area contributed by atoms with Gasteiger partial charge in [-0.25, -0.2) is 4.39 Å². The normalized spacial score (nSPS) is 11.9. The quantitative estimate of drug-likeness (QED) is 0.684. The van der Waals surface area contributed by atoms with Crippen LogP contribution >= 0.6 is 0 Å². The van der Waals surface area contributed by atoms with Crippen LogP contribution in [-0.4, -0.2) is 10.0 Å². The van der Waals surface area contributed by atoms with E-state index in [0.29, 0.717) is 0 Å². The van der Waals surface area contributed by atoms with Crippen LogP contribution in [0, 0.1) is 15.9 Å². The lowest BCUT2D eigenvalue weighted by Crippen LogP contribution is -1.99. The number of nitro groups is 1. The average Bonchev–Trinajstić information content (AvgIpc) is 2.41. The molecule has 0 unspecified atom stereocenters. The van der Waals surface area contributed by atoms with Crippen molar-refractivity contribution in [3.05, 3.63) is 64.0 Å². The van der Waals surface area contributed by atoms with Gasteiger partial charge >= 0.3 is 5.69 Å². The van der Waals surface area contributed by atoms with E-state index in [1.807, 2.05) is 0 Å². The minimum absolute atomic E-state index is 0.0333. The standard InChI is InChI=1S/C14H12FNO4/c1-9(17)11-8-10(15)6-7-13(11)20-14-5-3-2-4-12(14)16(18)19/h2-9,17H,1H3/t9-/m1/s1. The number of hydrogen-bond donors (Lipinski definition) is 1. The molecule has 104 valence electrons. The summed E-state index contributed by atoms with van der Waals surface area (Å²) in [5, 5.41) is 20.5. The van der Waals surface area contributed by atoms with Gasteiger partial charge in [0.2, 0.25) is 5.75 Å². The summed E-state index contributed by atoms with van der Waals surface area (Å²) in [4.78, 5) is 10.3. The molecule has 0 aliphatic heterocycles. The summed E-state index contributed by atoms with van der Waals surface area (Å²) in [6.07, 6.45) is -0.955. The molecule has 2 aromatic rings. The number of aliphatic hydroxyl groups is 1. The highest BCUT2D eigenvalue weighted by molar-refractivity contribution is 5.49. The summed E-state index contributed by atoms with van der Waals surface area (Å²) in [6, 6.07) is 9.48. The molecule has 0 amide bonds. The Bertz CT molecular complexity index is 643. The fourth-order valence-corrected chi connectivity index (χ4v) is 1.75. The number of rotatable bonds is 4. The second-order valence-electron chi connectivity index (χ2n) is 4.19. The highest BCUT2D eigenvalue weighted by Crippen LogP contribution is 2.34. The molecule has 0 heterocycles. The lowest BCUT2D eigenvalue weighted by Gasteiger charge is -2.13. The van der Waals surface area contributed by atoms with Crippen LogP contribution in [0.3, 0.4) is 0 Å². The number of benzene rings is 2. The molecule has 2 rings (SSSR count). The van der Waals surface area contributed by atoms with E-state index in [-0.39, 0.29) is 22.7 Å². The van der Waals surface area contributed by atoms with Crippen molar-refractivity contribution in [2.24, 2.45) is 0 Å². The van der Waals surface area contributed by atoms with Crippen molar-refractivity contribution in [3.8, 4) is 11.5 Å². The summed E-state index contributed by atoms with van der Waals surface area (Å²) >= 11 is 0. The average molecular weight is 277 g/mol. The van der Waals surface area contributed by atoms with Crippen molar-refractivity contribution in [3.63, 3.8) is 0 Å². The van der Waals surface area contributed by atoms with Crippen LogP contribution in [0.5, 0.6) is 11.5 Å². The molecule has 0 aromatic heterocycles. The molecule has 0 aliphatic carbocycles. The van der Waals surface area contributed by atoms with Crippen LogP contribution in [0.25, 0.3) is 0 Å². The molecule has 0 spiro atoms. The van der Waals surface area contributed by atoms with Gasteiger partial charge in [0.15, 0.2) is 0 Å². The van der Waals surface area contributed by atoms with Crippen molar-refractivity contribution in [1.29, 1.82) is 0 Å². The summed E-state index contributed by atoms with van der Waals surface area (Å²) in [6.45, 7) is 1.46. The Labute approximate surface area is 114 Å². The van der Waals surface area contributed by atoms with E-state index in [1.54, 1.807) is 6.07 Å². The predicted octanol–water partition coefficient (Wildman–Crippen LogP) is 3.58. The largest absolute Gasteiger partial charge is 0.450 e. The Morgan fingerprint density at radius 3 is 2.60 bits per heavy atom. The van der Waals surface area contributed by atoms with E-state index in [4.69, 9.17) is 4.74 Å². The molecule has 0 saturated carbocycles. The summed E-state index contributed by atoms with van der Waals surface area (Å²) in [5.41, 5.74) is 0.0246. The Hall–Kier alpha value is -2.47. The number of nitrogens with zero attached hydrogens (tertiary/aromatic N) is 1. The van der Waals surface area contributed by atoms with Crippen molar-refractivity contribution in [2.75, 3.05) is 0 Å². The van der Waals surface area contributed by atoms with E-state index in [1.165, 1.54) is 31.2 Å². The van der Waals surface area contributed by atoms with Gasteiger partial charge < -0.3 is 9.84 Å². The molecule has 1 atom stereocenters. The first-order valence-electron chi connectivity index (χ1n) is 5.88. The van der Waals surface area contributed by atoms with Crippen LogP contribution in [0.2, 0.25) is 0 Å². The predicted molar refractivity (Wildman–Crippen MR) is 70.2 cm³/mol. The third kappa shape index (κ3) is 2.92. The Morgan fingerprint density at radius 1 is 1.25 bits per heavy atom. The SMILES string of the molecule is C[C@@H](O)c1cc(F)ccc1Oc1ccccc1[N+](=O)[O-]. The van der Waals surface area contributed by atoms with Gasteiger partial charge in [-0.2, -0.15) is 0 Å². The number of aliphatic hydroxyl groups excluding tert-OH is 1. The van der Waals surface area contributed by atoms with Gasteiger partial charge in [-0.1, -0.05) is 12.1 Å². The topological polar surface area (TPSA) is 72.6 Å². The lowest BCUT2D eigenvalue weighted by molar-refractivity contribution is -0.385. The van der Waals surface area contributed by atoms with Crippen LogP contribution in [0.4, 0.5) is 10.1 Å². The molecule has 2 aromatic carbocycles. The van der Waals surface area contributed by atoms with E-state index < -0.39 is 16.8 Å². The van der Waals surface area contributed by atoms with Gasteiger partial charge in [0.05, 0.1) is 11.0 Å². The van der Waals surface area contributed by atoms with Gasteiger partial charge in [0, 0.05) is 11.6 Å². The van der Waals surface area contributed by atoms with Crippen molar-refractivity contribution >= 4 is 5.69 Å². The van der Waals surface area contributed by atoms with E-state index in [0.717, 1.165) is 12.1 Å². The van der Waals surface area contributed by atoms with E-state index in [9.17, 15) is 19.6 Å². The molecule has 0 radical (unpaired) electrons. The summed E-state index contributed by atoms with van der Waals surface area (Å²) < 4.78 is 18.6. The zero-order valence-electron chi connectivity index (χ0n) is 10.6. The Balaban J connectivity index is 2.43. The Morgan fingerprint density at radius 2 is 1.95 bits per heavy atom. The van der Waals surface area contributed by atoms with Crippen LogP contribution in [0.15, 0.2) is 42.5 Å². The maximum Gasteiger partial charge on any atom is 0.311 e. The molecule has 0 aliphatic rings. The van der Waals surface area contributed by atoms with E-state index >= 15 is 0 Å². The summed E-state index contributed by atoms with van der Waals surface area (Å²) in [7, 11) is 0. The minimum atomic E-state index is -0.955. The molecule has 1 N–H and O–H groups in total. The monoisotopic (exact) mass is 277 g/mol. The zero-order chi connectivity index (χ0) is 14.7. The van der Waals surface area contributed by atoms with Crippen LogP contribution in [-0.2, 0) is 0 Å². The van der Waals surface area contributed by atoms with Gasteiger partial charge in [-0.15, -0.1) is 0 Å². The molecule has 0 bridgehead atoms. The fraction of sp³-hybridized carbons (Fsp3) is 0.143. The molecular formula is C14H12FNO4. The molecular weight excluding hydrogens is 265 g/mol. The van der Waals surface area contributed by atoms with Crippen LogP contribution in [0.1, 0.15) is 18.6 Å². The van der Waals surface area contributed by atoms with Crippen LogP contribution < -0.4 is 4.74 Å². The molecule has 20 heavy (non-hydrogen) atoms. The maximum atomic E-state index is 13.2. The number of hydrogen-bond acceptors (Lipinski definition) is 4. The van der Waals surface area contributed by atoms with Gasteiger partial charge in [-0.3, -0.25) is 10.1 Å². The van der Waals surface area contributed by atoms with Crippen molar-refractivity contribution in [1.82, 2.24) is 0 Å². The zero-order valence-corrected chi connectivity index (χ0v) is 10.6. The second kappa shape index (κ2) is 5.66. The number of para-hydroxylation sites is 2. The molecule has 6 heteroatoms. The first-order chi connectivity index (χ1) is 9.49. The Kier molecular flexibility index (Phi) is 3.95. The third-order valence-corrected chi connectivity index (χ3v) is 2.70. The number of halogens is 1. The number of nitro benzene ring substituents is 1. The highest BCUT2D eigenvalue weighted by atomic mass is 19.1. The highest BCUT2D eigenvalue weighted by Gasteiger charge is 2.17. The van der Waals surface area contributed by atoms with Crippen molar-refractivity contribution in [2.45, 2.75) is 13.0 Å². The maximum absolute atomic E-state index is 13.2. The first-order valence-corrected chi connectivity index (χ1v) is 5.88. The molecule has 0 saturated heterocycles. The van der Waals surface area contributed by atoms with Crippen molar-refractivity contribution < 1.29 is 19.2 Å². The minimum Gasteiger partial charge on any atom is -0.450 e. The van der Waals surface area contributed by atoms with E-state index in [2.05, 4.69) is 0 Å². The lowest BCUT2D eigenvalue weighted by atomic mass is 10.1.